The van der Waals surface area contributed by atoms with Crippen LogP contribution in [0.1, 0.15) is 5.56 Å². The second kappa shape index (κ2) is 4.05. The van der Waals surface area contributed by atoms with Crippen LogP contribution in [-0.4, -0.2) is 6.26 Å². The molecule has 0 unspecified atom stereocenters. The van der Waals surface area contributed by atoms with E-state index in [9.17, 15) is 0 Å². The van der Waals surface area contributed by atoms with Gasteiger partial charge in [0.15, 0.2) is 0 Å². The van der Waals surface area contributed by atoms with Gasteiger partial charge in [0.05, 0.1) is 12.5 Å². The topological polar surface area (TPSA) is 23.8 Å². The van der Waals surface area contributed by atoms with Crippen LogP contribution in [0.15, 0.2) is 29.2 Å². The molecule has 1 rings (SSSR count). The fourth-order valence-corrected chi connectivity index (χ4v) is 1.36. The number of benzene rings is 1. The van der Waals surface area contributed by atoms with Crippen LogP contribution < -0.4 is 0 Å². The third-order valence-electron chi connectivity index (χ3n) is 1.42. The molecule has 1 aromatic carbocycles. The minimum Gasteiger partial charge on any atom is -0.198 e. The van der Waals surface area contributed by atoms with Crippen LogP contribution in [0.2, 0.25) is 0 Å². The first-order chi connectivity index (χ1) is 5.36. The summed E-state index contributed by atoms with van der Waals surface area (Å²) in [6, 6.07) is 10.2. The lowest BCUT2D eigenvalue weighted by atomic mass is 10.2. The smallest absolute Gasteiger partial charge is 0.0669 e. The van der Waals surface area contributed by atoms with Crippen molar-refractivity contribution in [3.05, 3.63) is 29.8 Å². The summed E-state index contributed by atoms with van der Waals surface area (Å²) in [6.45, 7) is 0. The van der Waals surface area contributed by atoms with Crippen LogP contribution in [0.5, 0.6) is 0 Å². The van der Waals surface area contributed by atoms with Crippen LogP contribution in [0.3, 0.4) is 0 Å². The Bertz CT molecular complexity index is 275. The van der Waals surface area contributed by atoms with Gasteiger partial charge in [0.25, 0.3) is 0 Å². The molecule has 0 aliphatic carbocycles. The summed E-state index contributed by atoms with van der Waals surface area (Å²) in [7, 11) is 0. The highest BCUT2D eigenvalue weighted by Crippen LogP contribution is 2.15. The van der Waals surface area contributed by atoms with E-state index in [2.05, 4.69) is 6.07 Å². The number of hydrogen-bond donors (Lipinski definition) is 0. The van der Waals surface area contributed by atoms with Gasteiger partial charge in [0.2, 0.25) is 0 Å². The average Bonchev–Trinajstić information content (AvgIpc) is 2.06. The maximum absolute atomic E-state index is 8.43. The Morgan fingerprint density at radius 1 is 1.55 bits per heavy atom. The SMILES string of the molecule is CSc1cccc(CC#N)c1. The maximum atomic E-state index is 8.43. The molecule has 56 valence electrons. The largest absolute Gasteiger partial charge is 0.198 e. The maximum Gasteiger partial charge on any atom is 0.0669 e. The molecule has 0 aliphatic heterocycles. The summed E-state index contributed by atoms with van der Waals surface area (Å²) in [4.78, 5) is 1.22. The quantitative estimate of drug-likeness (QED) is 0.625. The molecule has 0 aliphatic rings. The first-order valence-electron chi connectivity index (χ1n) is 3.36. The Kier molecular flexibility index (Phi) is 3.00. The summed E-state index contributed by atoms with van der Waals surface area (Å²) in [5.74, 6) is 0. The third-order valence-corrected chi connectivity index (χ3v) is 2.14. The van der Waals surface area contributed by atoms with Gasteiger partial charge in [0, 0.05) is 4.90 Å². The van der Waals surface area contributed by atoms with Gasteiger partial charge < -0.3 is 0 Å². The van der Waals surface area contributed by atoms with Gasteiger partial charge in [-0.25, -0.2) is 0 Å². The van der Waals surface area contributed by atoms with Crippen molar-refractivity contribution in [1.82, 2.24) is 0 Å². The summed E-state index contributed by atoms with van der Waals surface area (Å²) >= 11 is 1.70. The van der Waals surface area contributed by atoms with Gasteiger partial charge in [-0.15, -0.1) is 11.8 Å². The van der Waals surface area contributed by atoms with Gasteiger partial charge in [-0.1, -0.05) is 12.1 Å². The molecule has 0 saturated carbocycles. The van der Waals surface area contributed by atoms with E-state index in [1.54, 1.807) is 11.8 Å². The normalized spacial score (nSPS) is 9.09. The van der Waals surface area contributed by atoms with E-state index >= 15 is 0 Å². The van der Waals surface area contributed by atoms with E-state index in [4.69, 9.17) is 5.26 Å². The molecule has 0 atom stereocenters. The van der Waals surface area contributed by atoms with Crippen LogP contribution >= 0.6 is 11.8 Å². The van der Waals surface area contributed by atoms with E-state index in [0.29, 0.717) is 6.42 Å². The molecule has 0 spiro atoms. The Hall–Kier alpha value is -0.940. The summed E-state index contributed by atoms with van der Waals surface area (Å²) in [5, 5.41) is 8.43. The minimum atomic E-state index is 0.508. The van der Waals surface area contributed by atoms with E-state index in [1.165, 1.54) is 4.90 Å². The molecule has 11 heavy (non-hydrogen) atoms. The molecule has 1 nitrogen and oxygen atoms in total. The Morgan fingerprint density at radius 3 is 3.00 bits per heavy atom. The highest BCUT2D eigenvalue weighted by molar-refractivity contribution is 7.98. The van der Waals surface area contributed by atoms with E-state index < -0.39 is 0 Å². The van der Waals surface area contributed by atoms with Crippen molar-refractivity contribution in [2.75, 3.05) is 6.26 Å². The zero-order valence-electron chi connectivity index (χ0n) is 6.37. The second-order valence-electron chi connectivity index (χ2n) is 2.19. The van der Waals surface area contributed by atoms with Crippen molar-refractivity contribution in [2.45, 2.75) is 11.3 Å². The number of nitriles is 1. The van der Waals surface area contributed by atoms with Gasteiger partial charge in [-0.3, -0.25) is 0 Å². The highest BCUT2D eigenvalue weighted by Gasteiger charge is 1.92. The van der Waals surface area contributed by atoms with Crippen molar-refractivity contribution in [2.24, 2.45) is 0 Å². The highest BCUT2D eigenvalue weighted by atomic mass is 32.2. The molecule has 0 saturated heterocycles. The number of nitrogens with zero attached hydrogens (tertiary/aromatic N) is 1. The van der Waals surface area contributed by atoms with Crippen LogP contribution in [0.25, 0.3) is 0 Å². The lowest BCUT2D eigenvalue weighted by Crippen LogP contribution is -1.80. The van der Waals surface area contributed by atoms with Crippen molar-refractivity contribution >= 4 is 11.8 Å². The average molecular weight is 163 g/mol. The van der Waals surface area contributed by atoms with E-state index in [-0.39, 0.29) is 0 Å². The first kappa shape index (κ1) is 8.16. The summed E-state index contributed by atoms with van der Waals surface area (Å²) in [6.07, 6.45) is 2.54. The third kappa shape index (κ3) is 2.28. The molecule has 0 bridgehead atoms. The number of hydrogen-bond acceptors (Lipinski definition) is 2. The predicted molar refractivity (Wildman–Crippen MR) is 47.5 cm³/mol. The minimum absolute atomic E-state index is 0.508. The van der Waals surface area contributed by atoms with E-state index in [1.807, 2.05) is 30.5 Å². The van der Waals surface area contributed by atoms with Gasteiger partial charge in [-0.05, 0) is 24.0 Å². The van der Waals surface area contributed by atoms with Crippen molar-refractivity contribution in [3.63, 3.8) is 0 Å². The van der Waals surface area contributed by atoms with E-state index in [0.717, 1.165) is 5.56 Å². The molecule has 0 fully saturated rings. The van der Waals surface area contributed by atoms with Crippen LogP contribution in [-0.2, 0) is 6.42 Å². The van der Waals surface area contributed by atoms with Gasteiger partial charge >= 0.3 is 0 Å². The Labute approximate surface area is 71.0 Å². The zero-order valence-corrected chi connectivity index (χ0v) is 7.19. The Balaban J connectivity index is 2.84. The molecular weight excluding hydrogens is 154 g/mol. The lowest BCUT2D eigenvalue weighted by molar-refractivity contribution is 1.23. The van der Waals surface area contributed by atoms with Crippen LogP contribution in [0, 0.1) is 11.3 Å². The summed E-state index contributed by atoms with van der Waals surface area (Å²) < 4.78 is 0. The van der Waals surface area contributed by atoms with Crippen molar-refractivity contribution < 1.29 is 0 Å². The predicted octanol–water partition coefficient (Wildman–Crippen LogP) is 2.47. The van der Waals surface area contributed by atoms with Gasteiger partial charge in [-0.2, -0.15) is 5.26 Å². The molecule has 2 heteroatoms. The fraction of sp³-hybridized carbons (Fsp3) is 0.222. The summed E-state index contributed by atoms with van der Waals surface area (Å²) in [5.41, 5.74) is 1.10. The molecule has 0 N–H and O–H groups in total. The lowest BCUT2D eigenvalue weighted by Gasteiger charge is -1.97. The Morgan fingerprint density at radius 2 is 2.36 bits per heavy atom. The molecule has 0 aromatic heterocycles. The number of rotatable bonds is 2. The standard InChI is InChI=1S/C9H9NS/c1-11-9-4-2-3-8(7-9)5-6-10/h2-4,7H,5H2,1H3. The second-order valence-corrected chi connectivity index (χ2v) is 3.07. The molecule has 0 heterocycles. The zero-order chi connectivity index (χ0) is 8.10. The van der Waals surface area contributed by atoms with Crippen LogP contribution in [0.4, 0.5) is 0 Å². The molecule has 1 aromatic rings. The van der Waals surface area contributed by atoms with Gasteiger partial charge in [0.1, 0.15) is 0 Å². The monoisotopic (exact) mass is 163 g/mol. The molecular formula is C9H9NS. The van der Waals surface area contributed by atoms with Crippen molar-refractivity contribution in [1.29, 1.82) is 5.26 Å². The molecule has 0 amide bonds. The molecule has 0 radical (unpaired) electrons. The fourth-order valence-electron chi connectivity index (χ4n) is 0.874. The number of thioether (sulfide) groups is 1. The van der Waals surface area contributed by atoms with Crippen molar-refractivity contribution in [3.8, 4) is 6.07 Å². The first-order valence-corrected chi connectivity index (χ1v) is 4.59.